The first-order valence-electron chi connectivity index (χ1n) is 6.65. The maximum atomic E-state index is 11.8. The van der Waals surface area contributed by atoms with Crippen LogP contribution in [0.1, 0.15) is 10.4 Å². The van der Waals surface area contributed by atoms with Crippen LogP contribution in [0, 0.1) is 0 Å². The second-order valence-corrected chi connectivity index (χ2v) is 7.03. The minimum Gasteiger partial charge on any atom is -0.488 e. The standard InChI is InChI=1S/C15H13Cl2NO5S/c16-11-3-6-14(13(17)9-11)22-7-8-23-15(19)10-1-4-12(5-2-10)24(18,20)21/h1-6,9H,7-8H2,(H2,18,20,21). The van der Waals surface area contributed by atoms with Crippen LogP contribution in [0.4, 0.5) is 0 Å². The summed E-state index contributed by atoms with van der Waals surface area (Å²) in [5.41, 5.74) is 0.201. The smallest absolute Gasteiger partial charge is 0.338 e. The molecular weight excluding hydrogens is 377 g/mol. The third kappa shape index (κ3) is 5.10. The van der Waals surface area contributed by atoms with Crippen LogP contribution in [-0.2, 0) is 14.8 Å². The number of hydrogen-bond acceptors (Lipinski definition) is 5. The van der Waals surface area contributed by atoms with Crippen molar-refractivity contribution < 1.29 is 22.7 Å². The summed E-state index contributed by atoms with van der Waals surface area (Å²) in [4.78, 5) is 11.7. The van der Waals surface area contributed by atoms with E-state index in [2.05, 4.69) is 0 Å². The van der Waals surface area contributed by atoms with E-state index in [4.69, 9.17) is 37.8 Å². The fourth-order valence-corrected chi connectivity index (χ4v) is 2.72. The molecule has 0 saturated heterocycles. The molecule has 2 aromatic carbocycles. The van der Waals surface area contributed by atoms with Gasteiger partial charge in [0.05, 0.1) is 15.5 Å². The Kier molecular flexibility index (Phi) is 6.06. The number of rotatable bonds is 6. The quantitative estimate of drug-likeness (QED) is 0.605. The topological polar surface area (TPSA) is 95.7 Å². The van der Waals surface area contributed by atoms with Crippen molar-refractivity contribution in [3.63, 3.8) is 0 Å². The lowest BCUT2D eigenvalue weighted by atomic mass is 10.2. The van der Waals surface area contributed by atoms with Gasteiger partial charge in [0.15, 0.2) is 0 Å². The van der Waals surface area contributed by atoms with Gasteiger partial charge in [-0.05, 0) is 42.5 Å². The second-order valence-electron chi connectivity index (χ2n) is 4.63. The Bertz CT molecular complexity index is 837. The molecule has 0 amide bonds. The van der Waals surface area contributed by atoms with Gasteiger partial charge in [0, 0.05) is 5.02 Å². The van der Waals surface area contributed by atoms with Crippen molar-refractivity contribution in [3.05, 3.63) is 58.1 Å². The lowest BCUT2D eigenvalue weighted by Crippen LogP contribution is -2.14. The lowest BCUT2D eigenvalue weighted by molar-refractivity contribution is 0.0450. The van der Waals surface area contributed by atoms with Gasteiger partial charge in [-0.3, -0.25) is 0 Å². The van der Waals surface area contributed by atoms with E-state index in [1.54, 1.807) is 12.1 Å². The number of hydrogen-bond donors (Lipinski definition) is 1. The Balaban J connectivity index is 1.85. The summed E-state index contributed by atoms with van der Waals surface area (Å²) in [5, 5.41) is 5.82. The van der Waals surface area contributed by atoms with Crippen LogP contribution >= 0.6 is 23.2 Å². The number of nitrogens with two attached hydrogens (primary N) is 1. The summed E-state index contributed by atoms with van der Waals surface area (Å²) in [6, 6.07) is 9.88. The maximum Gasteiger partial charge on any atom is 0.338 e. The van der Waals surface area contributed by atoms with Gasteiger partial charge in [0.25, 0.3) is 0 Å². The molecule has 0 spiro atoms. The Hall–Kier alpha value is -1.80. The largest absolute Gasteiger partial charge is 0.488 e. The normalized spacial score (nSPS) is 11.1. The number of primary sulfonamides is 1. The van der Waals surface area contributed by atoms with Crippen LogP contribution in [0.2, 0.25) is 10.0 Å². The lowest BCUT2D eigenvalue weighted by Gasteiger charge is -2.09. The van der Waals surface area contributed by atoms with Crippen LogP contribution in [-0.4, -0.2) is 27.6 Å². The molecule has 0 aliphatic heterocycles. The van der Waals surface area contributed by atoms with Crippen molar-refractivity contribution in [1.82, 2.24) is 0 Å². The fraction of sp³-hybridized carbons (Fsp3) is 0.133. The van der Waals surface area contributed by atoms with E-state index >= 15 is 0 Å². The Morgan fingerprint density at radius 1 is 1.04 bits per heavy atom. The molecule has 0 heterocycles. The van der Waals surface area contributed by atoms with E-state index < -0.39 is 16.0 Å². The molecule has 0 bridgehead atoms. The molecule has 0 saturated carbocycles. The van der Waals surface area contributed by atoms with Gasteiger partial charge in [-0.15, -0.1) is 0 Å². The summed E-state index contributed by atoms with van der Waals surface area (Å²) < 4.78 is 32.7. The van der Waals surface area contributed by atoms with Gasteiger partial charge < -0.3 is 9.47 Å². The second kappa shape index (κ2) is 7.85. The highest BCUT2D eigenvalue weighted by Gasteiger charge is 2.11. The monoisotopic (exact) mass is 389 g/mol. The Morgan fingerprint density at radius 3 is 2.29 bits per heavy atom. The molecule has 2 N–H and O–H groups in total. The molecule has 2 aromatic rings. The molecule has 128 valence electrons. The van der Waals surface area contributed by atoms with Crippen LogP contribution in [0.5, 0.6) is 5.75 Å². The Labute approximate surface area is 149 Å². The minimum absolute atomic E-state index is 0.00523. The van der Waals surface area contributed by atoms with Crippen LogP contribution < -0.4 is 9.88 Å². The number of sulfonamides is 1. The predicted octanol–water partition coefficient (Wildman–Crippen LogP) is 2.88. The van der Waals surface area contributed by atoms with Crippen molar-refractivity contribution in [2.24, 2.45) is 5.14 Å². The van der Waals surface area contributed by atoms with Gasteiger partial charge in [-0.1, -0.05) is 23.2 Å². The van der Waals surface area contributed by atoms with Gasteiger partial charge in [-0.25, -0.2) is 18.4 Å². The highest BCUT2D eigenvalue weighted by molar-refractivity contribution is 7.89. The molecular formula is C15H13Cl2NO5S. The molecule has 0 fully saturated rings. The van der Waals surface area contributed by atoms with E-state index in [9.17, 15) is 13.2 Å². The van der Waals surface area contributed by atoms with Crippen molar-refractivity contribution in [2.45, 2.75) is 4.90 Å². The maximum absolute atomic E-state index is 11.8. The summed E-state index contributed by atoms with van der Waals surface area (Å²) in [5.74, 6) is -0.184. The molecule has 0 aromatic heterocycles. The fourth-order valence-electron chi connectivity index (χ4n) is 1.74. The average Bonchev–Trinajstić information content (AvgIpc) is 2.52. The number of carbonyl (C=O) groups excluding carboxylic acids is 1. The zero-order chi connectivity index (χ0) is 17.7. The first-order valence-corrected chi connectivity index (χ1v) is 8.95. The van der Waals surface area contributed by atoms with Crippen LogP contribution in [0.3, 0.4) is 0 Å². The van der Waals surface area contributed by atoms with Crippen molar-refractivity contribution in [2.75, 3.05) is 13.2 Å². The summed E-state index contributed by atoms with van der Waals surface area (Å²) in [7, 11) is -3.80. The van der Waals surface area contributed by atoms with Crippen molar-refractivity contribution >= 4 is 39.2 Å². The van der Waals surface area contributed by atoms with E-state index in [0.717, 1.165) is 0 Å². The average molecular weight is 390 g/mol. The number of esters is 1. The number of ether oxygens (including phenoxy) is 2. The first-order chi connectivity index (χ1) is 11.3. The van der Waals surface area contributed by atoms with E-state index in [1.165, 1.54) is 30.3 Å². The minimum atomic E-state index is -3.80. The number of benzene rings is 2. The van der Waals surface area contributed by atoms with Gasteiger partial charge >= 0.3 is 5.97 Å². The molecule has 0 unspecified atom stereocenters. The van der Waals surface area contributed by atoms with E-state index in [1.807, 2.05) is 0 Å². The van der Waals surface area contributed by atoms with E-state index in [-0.39, 0.29) is 23.7 Å². The van der Waals surface area contributed by atoms with Crippen LogP contribution in [0.25, 0.3) is 0 Å². The highest BCUT2D eigenvalue weighted by atomic mass is 35.5. The predicted molar refractivity (Wildman–Crippen MR) is 90.1 cm³/mol. The van der Waals surface area contributed by atoms with E-state index in [0.29, 0.717) is 15.8 Å². The SMILES string of the molecule is NS(=O)(=O)c1ccc(C(=O)OCCOc2ccc(Cl)cc2Cl)cc1. The molecule has 6 nitrogen and oxygen atoms in total. The molecule has 9 heteroatoms. The first kappa shape index (κ1) is 18.5. The molecule has 0 aliphatic carbocycles. The molecule has 0 aliphatic rings. The summed E-state index contributed by atoms with van der Waals surface area (Å²) in [6.45, 7) is 0.0943. The van der Waals surface area contributed by atoms with Gasteiger partial charge in [-0.2, -0.15) is 0 Å². The third-order valence-corrected chi connectivity index (χ3v) is 4.35. The summed E-state index contributed by atoms with van der Waals surface area (Å²) in [6.07, 6.45) is 0. The molecule has 24 heavy (non-hydrogen) atoms. The zero-order valence-electron chi connectivity index (χ0n) is 12.2. The Morgan fingerprint density at radius 2 is 1.71 bits per heavy atom. The van der Waals surface area contributed by atoms with Crippen LogP contribution in [0.15, 0.2) is 47.4 Å². The van der Waals surface area contributed by atoms with Crippen molar-refractivity contribution in [1.29, 1.82) is 0 Å². The summed E-state index contributed by atoms with van der Waals surface area (Å²) >= 11 is 11.7. The third-order valence-electron chi connectivity index (χ3n) is 2.89. The van der Waals surface area contributed by atoms with Gasteiger partial charge in [0.1, 0.15) is 19.0 Å². The van der Waals surface area contributed by atoms with Crippen molar-refractivity contribution in [3.8, 4) is 5.75 Å². The molecule has 2 rings (SSSR count). The zero-order valence-corrected chi connectivity index (χ0v) is 14.6. The number of halogens is 2. The highest BCUT2D eigenvalue weighted by Crippen LogP contribution is 2.27. The molecule has 0 atom stereocenters. The molecule has 0 radical (unpaired) electrons. The van der Waals surface area contributed by atoms with Gasteiger partial charge in [0.2, 0.25) is 10.0 Å². The number of carbonyl (C=O) groups is 1.